The zero-order valence-corrected chi connectivity index (χ0v) is 34.9. The van der Waals surface area contributed by atoms with Gasteiger partial charge in [-0.05, 0) is 40.6 Å². The summed E-state index contributed by atoms with van der Waals surface area (Å²) in [5.74, 6) is -0.147. The summed E-state index contributed by atoms with van der Waals surface area (Å²) < 4.78 is 10.8. The van der Waals surface area contributed by atoms with Crippen LogP contribution in [0.3, 0.4) is 0 Å². The van der Waals surface area contributed by atoms with Crippen molar-refractivity contribution < 1.29 is 43.8 Å². The first-order chi connectivity index (χ1) is 25.6. The van der Waals surface area contributed by atoms with Crippen molar-refractivity contribution in [1.82, 2.24) is 20.6 Å². The van der Waals surface area contributed by atoms with Crippen LogP contribution in [0.5, 0.6) is 0 Å². The van der Waals surface area contributed by atoms with Gasteiger partial charge < -0.3 is 36.1 Å². The predicted molar refractivity (Wildman–Crippen MR) is 210 cm³/mol. The number of nitrogens with one attached hydrogen (secondary N) is 1. The number of primary amides is 1. The number of carbonyl (C=O) groups excluding carboxylic acids is 1. The maximum Gasteiger partial charge on any atom is 1.00 e. The number of ether oxygens (including phenoxy) is 2. The van der Waals surface area contributed by atoms with Gasteiger partial charge in [-0.25, -0.2) is 9.69 Å². The number of hydrogen-bond donors (Lipinski definition) is 2. The number of amides is 1. The average Bonchev–Trinajstić information content (AvgIpc) is 3.91. The SMILES string of the molecule is [C-]#[N+]c1c(N2CCOCC2)sc(-c2nn[nH]n2)c1-c1ccc(Cl)cc1Cl.[C-]#[N+]c1c(N2CCOCC2)sc(C(N)=O)c1-c1ccc(Cl)cc1Cl.[N-]=[N+]=[N-].[Na+]. The van der Waals surface area contributed by atoms with E-state index < -0.39 is 5.91 Å². The summed E-state index contributed by atoms with van der Waals surface area (Å²) in [4.78, 5) is 26.2. The van der Waals surface area contributed by atoms with Crippen molar-refractivity contribution in [2.24, 2.45) is 5.73 Å². The molecule has 2 aliphatic heterocycles. The Bertz CT molecular complexity index is 2220. The van der Waals surface area contributed by atoms with Gasteiger partial charge in [-0.2, -0.15) is 5.21 Å². The molecule has 7 rings (SSSR count). The first kappa shape index (κ1) is 43.1. The number of halogens is 4. The van der Waals surface area contributed by atoms with E-state index in [4.69, 9.17) is 85.8 Å². The van der Waals surface area contributed by atoms with E-state index in [2.05, 4.69) is 35.2 Å². The minimum absolute atomic E-state index is 0. The standard InChI is InChI=1S/C16H12Cl2N6OS.C16H13Cl2N3O2S.N3.Na/c1-19-13-12(10-3-2-9(17)8-11(10)18)14(15-20-22-23-21-15)26-16(13)24-4-6-25-7-5-24;1-20-13-12(10-3-2-9(17)8-11(10)18)14(15(19)22)24-16(13)21-4-6-23-7-5-21;1-3-2;/h2-3,8H,4-7H2,(H,20,21,22,23);2-3,8H,4-7H2,(H2,19,22);;/q;;-1;+1. The van der Waals surface area contributed by atoms with E-state index in [1.807, 2.05) is 11.0 Å². The quantitative estimate of drug-likeness (QED) is 0.0648. The number of carbonyl (C=O) groups is 1. The molecular formula is C32H25Cl4N12NaO3S2. The molecule has 2 fully saturated rings. The van der Waals surface area contributed by atoms with E-state index >= 15 is 0 Å². The Balaban J connectivity index is 0.000000221. The zero-order valence-electron chi connectivity index (χ0n) is 28.2. The number of nitrogens with two attached hydrogens (primary N) is 1. The molecule has 3 aromatic heterocycles. The Kier molecular flexibility index (Phi) is 16.2. The van der Waals surface area contributed by atoms with Gasteiger partial charge in [0.2, 0.25) is 17.2 Å². The summed E-state index contributed by atoms with van der Waals surface area (Å²) in [5, 5.41) is 17.8. The molecule has 1 amide bonds. The van der Waals surface area contributed by atoms with Gasteiger partial charge in [-0.1, -0.05) is 58.5 Å². The topological polar surface area (TPSA) is 190 Å². The number of tetrazole rings is 1. The van der Waals surface area contributed by atoms with Crippen molar-refractivity contribution in [3.63, 3.8) is 0 Å². The summed E-state index contributed by atoms with van der Waals surface area (Å²) in [6, 6.07) is 10.2. The van der Waals surface area contributed by atoms with Crippen molar-refractivity contribution in [3.05, 3.63) is 100 Å². The van der Waals surface area contributed by atoms with Gasteiger partial charge in [0.05, 0.1) is 59.3 Å². The van der Waals surface area contributed by atoms with E-state index in [0.717, 1.165) is 33.5 Å². The van der Waals surface area contributed by atoms with Crippen LogP contribution in [0.15, 0.2) is 36.4 Å². The molecule has 22 heteroatoms. The van der Waals surface area contributed by atoms with E-state index in [9.17, 15) is 4.79 Å². The molecule has 3 N–H and O–H groups in total. The largest absolute Gasteiger partial charge is 1.00 e. The number of benzene rings is 2. The van der Waals surface area contributed by atoms with E-state index in [0.29, 0.717) is 98.4 Å². The Morgan fingerprint density at radius 2 is 1.28 bits per heavy atom. The third-order valence-corrected chi connectivity index (χ3v) is 11.3. The van der Waals surface area contributed by atoms with Gasteiger partial charge in [0.15, 0.2) is 0 Å². The number of rotatable bonds is 6. The molecule has 0 saturated carbocycles. The monoisotopic (exact) mass is 852 g/mol. The summed E-state index contributed by atoms with van der Waals surface area (Å²) in [6.45, 7) is 20.6. The molecular weight excluding hydrogens is 829 g/mol. The van der Waals surface area contributed by atoms with Gasteiger partial charge in [-0.3, -0.25) is 9.71 Å². The van der Waals surface area contributed by atoms with Crippen LogP contribution in [-0.4, -0.2) is 79.1 Å². The normalized spacial score (nSPS) is 13.5. The van der Waals surface area contributed by atoms with Gasteiger partial charge in [-0.15, -0.1) is 32.9 Å². The first-order valence-corrected chi connectivity index (χ1v) is 18.4. The Morgan fingerprint density at radius 3 is 1.70 bits per heavy atom. The minimum Gasteiger partial charge on any atom is -0.378 e. The van der Waals surface area contributed by atoms with Gasteiger partial charge >= 0.3 is 29.6 Å². The molecule has 0 bridgehead atoms. The molecule has 0 unspecified atom stereocenters. The molecule has 5 aromatic rings. The van der Waals surface area contributed by atoms with E-state index in [1.54, 1.807) is 30.3 Å². The second-order valence-electron chi connectivity index (χ2n) is 10.8. The van der Waals surface area contributed by atoms with Crippen LogP contribution in [0, 0.1) is 13.1 Å². The fraction of sp³-hybridized carbons (Fsp3) is 0.250. The number of aromatic nitrogens is 4. The van der Waals surface area contributed by atoms with Crippen molar-refractivity contribution in [2.45, 2.75) is 0 Å². The molecule has 0 radical (unpaired) electrons. The summed E-state index contributed by atoms with van der Waals surface area (Å²) >= 11 is 27.4. The molecule has 2 aliphatic rings. The molecule has 15 nitrogen and oxygen atoms in total. The maximum absolute atomic E-state index is 12.0. The van der Waals surface area contributed by atoms with Gasteiger partial charge in [0, 0.05) is 57.4 Å². The summed E-state index contributed by atoms with van der Waals surface area (Å²) in [6.07, 6.45) is 0. The van der Waals surface area contributed by atoms with Crippen LogP contribution in [-0.2, 0) is 9.47 Å². The third kappa shape index (κ3) is 9.77. The van der Waals surface area contributed by atoms with Crippen LogP contribution >= 0.6 is 69.1 Å². The summed E-state index contributed by atoms with van der Waals surface area (Å²) in [7, 11) is 0. The Labute approximate surface area is 359 Å². The van der Waals surface area contributed by atoms with Crippen LogP contribution in [0.1, 0.15) is 9.67 Å². The number of H-pyrrole nitrogens is 1. The van der Waals surface area contributed by atoms with Crippen LogP contribution < -0.4 is 45.1 Å². The van der Waals surface area contributed by atoms with Crippen molar-refractivity contribution in [2.75, 3.05) is 62.4 Å². The average molecular weight is 855 g/mol. The molecule has 272 valence electrons. The number of thiophene rings is 2. The molecule has 54 heavy (non-hydrogen) atoms. The van der Waals surface area contributed by atoms with Crippen LogP contribution in [0.25, 0.3) is 58.6 Å². The minimum atomic E-state index is -0.578. The fourth-order valence-corrected chi connectivity index (χ4v) is 8.86. The second kappa shape index (κ2) is 20.3. The molecule has 0 atom stereocenters. The van der Waals surface area contributed by atoms with Crippen LogP contribution in [0.4, 0.5) is 21.4 Å². The van der Waals surface area contributed by atoms with Crippen molar-refractivity contribution >= 4 is 96.4 Å². The van der Waals surface area contributed by atoms with E-state index in [1.165, 1.54) is 27.6 Å². The Morgan fingerprint density at radius 1 is 0.815 bits per heavy atom. The number of nitrogens with zero attached hydrogens (tertiary/aromatic N) is 10. The van der Waals surface area contributed by atoms with E-state index in [-0.39, 0.29) is 29.6 Å². The third-order valence-electron chi connectivity index (χ3n) is 7.72. The summed E-state index contributed by atoms with van der Waals surface area (Å²) in [5.41, 5.74) is 22.5. The number of hydrogen-bond acceptors (Lipinski definition) is 10. The number of anilines is 2. The number of aromatic amines is 1. The van der Waals surface area contributed by atoms with Crippen molar-refractivity contribution in [1.29, 1.82) is 0 Å². The molecule has 2 saturated heterocycles. The van der Waals surface area contributed by atoms with Crippen molar-refractivity contribution in [3.8, 4) is 33.0 Å². The molecule has 2 aromatic carbocycles. The smallest absolute Gasteiger partial charge is 0.378 e. The number of morpholine rings is 2. The zero-order chi connectivity index (χ0) is 38.1. The fourth-order valence-electron chi connectivity index (χ4n) is 5.46. The molecule has 0 spiro atoms. The first-order valence-electron chi connectivity index (χ1n) is 15.3. The molecule has 0 aliphatic carbocycles. The second-order valence-corrected chi connectivity index (χ2v) is 14.5. The van der Waals surface area contributed by atoms with Gasteiger partial charge in [0.1, 0.15) is 0 Å². The maximum atomic E-state index is 12.0. The van der Waals surface area contributed by atoms with Crippen LogP contribution in [0.2, 0.25) is 20.1 Å². The molecule has 5 heterocycles. The predicted octanol–water partition coefficient (Wildman–Crippen LogP) is 6.37. The van der Waals surface area contributed by atoms with Gasteiger partial charge in [0.25, 0.3) is 5.91 Å². The Hall–Kier alpha value is -3.65.